The fraction of sp³-hybridized carbons (Fsp3) is 0.0833. The Kier molecular flexibility index (Phi) is 4.41. The smallest absolute Gasteiger partial charge is 0.332 e. The Morgan fingerprint density at radius 2 is 2.15 bits per heavy atom. The number of amides is 2. The Morgan fingerprint density at radius 1 is 1.50 bits per heavy atom. The molecule has 0 bridgehead atoms. The van der Waals surface area contributed by atoms with Gasteiger partial charge in [-0.2, -0.15) is 10.2 Å². The summed E-state index contributed by atoms with van der Waals surface area (Å²) in [5.74, 6) is 0. The molecule has 0 saturated heterocycles. The molecule has 0 unspecified atom stereocenters. The number of hydrogen-bond acceptors (Lipinski definition) is 3. The number of aromatic nitrogens is 2. The second-order valence-corrected chi connectivity index (χ2v) is 5.19. The van der Waals surface area contributed by atoms with Gasteiger partial charge in [-0.25, -0.2) is 14.9 Å². The summed E-state index contributed by atoms with van der Waals surface area (Å²) in [6.45, 7) is 1.80. The standard InChI is InChI=1S/C12H11BrClN5O/c1-7-10(6-16-17-12(15)20)11(14)19(18-7)9-4-2-8(13)3-5-9/h2-6H,1H3,(H3,15,17,20). The van der Waals surface area contributed by atoms with Crippen molar-refractivity contribution in [3.8, 4) is 5.69 Å². The number of nitrogens with zero attached hydrogens (tertiary/aromatic N) is 3. The molecule has 8 heteroatoms. The van der Waals surface area contributed by atoms with Crippen molar-refractivity contribution in [1.29, 1.82) is 0 Å². The number of nitrogens with two attached hydrogens (primary N) is 1. The first kappa shape index (κ1) is 14.5. The molecule has 2 aromatic rings. The maximum Gasteiger partial charge on any atom is 0.332 e. The van der Waals surface area contributed by atoms with Crippen molar-refractivity contribution in [2.45, 2.75) is 6.92 Å². The second kappa shape index (κ2) is 6.06. The average molecular weight is 357 g/mol. The van der Waals surface area contributed by atoms with Crippen LogP contribution in [-0.2, 0) is 0 Å². The minimum atomic E-state index is -0.740. The summed E-state index contributed by atoms with van der Waals surface area (Å²) >= 11 is 9.64. The van der Waals surface area contributed by atoms with Gasteiger partial charge in [0.2, 0.25) is 0 Å². The van der Waals surface area contributed by atoms with Crippen LogP contribution in [0, 0.1) is 6.92 Å². The van der Waals surface area contributed by atoms with E-state index in [4.69, 9.17) is 17.3 Å². The number of primary amides is 1. The second-order valence-electron chi connectivity index (χ2n) is 3.91. The van der Waals surface area contributed by atoms with Gasteiger partial charge >= 0.3 is 6.03 Å². The van der Waals surface area contributed by atoms with E-state index in [0.717, 1.165) is 10.2 Å². The van der Waals surface area contributed by atoms with E-state index in [2.05, 4.69) is 31.6 Å². The molecule has 104 valence electrons. The fourth-order valence-electron chi connectivity index (χ4n) is 1.57. The predicted octanol–water partition coefficient (Wildman–Crippen LogP) is 2.60. The SMILES string of the molecule is Cc1nn(-c2ccc(Br)cc2)c(Cl)c1C=NNC(N)=O. The first-order valence-electron chi connectivity index (χ1n) is 5.58. The first-order chi connectivity index (χ1) is 9.49. The van der Waals surface area contributed by atoms with Crippen molar-refractivity contribution in [3.63, 3.8) is 0 Å². The van der Waals surface area contributed by atoms with Gasteiger partial charge in [0.05, 0.1) is 23.2 Å². The van der Waals surface area contributed by atoms with Gasteiger partial charge < -0.3 is 5.73 Å². The highest BCUT2D eigenvalue weighted by Crippen LogP contribution is 2.23. The van der Waals surface area contributed by atoms with E-state index in [1.165, 1.54) is 6.21 Å². The van der Waals surface area contributed by atoms with Crippen LogP contribution in [0.15, 0.2) is 33.8 Å². The van der Waals surface area contributed by atoms with E-state index in [9.17, 15) is 4.79 Å². The Labute approximate surface area is 128 Å². The van der Waals surface area contributed by atoms with Crippen LogP contribution in [0.5, 0.6) is 0 Å². The summed E-state index contributed by atoms with van der Waals surface area (Å²) in [4.78, 5) is 10.6. The van der Waals surface area contributed by atoms with Gasteiger partial charge in [-0.05, 0) is 31.2 Å². The molecule has 0 spiro atoms. The highest BCUT2D eigenvalue weighted by atomic mass is 79.9. The summed E-state index contributed by atoms with van der Waals surface area (Å²) < 4.78 is 2.56. The minimum absolute atomic E-state index is 0.403. The zero-order valence-electron chi connectivity index (χ0n) is 10.5. The molecule has 0 fully saturated rings. The number of rotatable bonds is 3. The molecule has 2 rings (SSSR count). The van der Waals surface area contributed by atoms with E-state index in [0.29, 0.717) is 16.4 Å². The van der Waals surface area contributed by atoms with Crippen LogP contribution in [0.3, 0.4) is 0 Å². The van der Waals surface area contributed by atoms with Crippen LogP contribution in [0.25, 0.3) is 5.69 Å². The molecule has 1 aromatic carbocycles. The Morgan fingerprint density at radius 3 is 2.75 bits per heavy atom. The molecule has 1 heterocycles. The first-order valence-corrected chi connectivity index (χ1v) is 6.75. The van der Waals surface area contributed by atoms with E-state index >= 15 is 0 Å². The zero-order valence-corrected chi connectivity index (χ0v) is 12.8. The highest BCUT2D eigenvalue weighted by Gasteiger charge is 2.13. The summed E-state index contributed by atoms with van der Waals surface area (Å²) in [6.07, 6.45) is 1.41. The lowest BCUT2D eigenvalue weighted by Crippen LogP contribution is -2.24. The van der Waals surface area contributed by atoms with Crippen LogP contribution in [0.1, 0.15) is 11.3 Å². The molecular weight excluding hydrogens is 346 g/mol. The van der Waals surface area contributed by atoms with Crippen LogP contribution >= 0.6 is 27.5 Å². The molecule has 2 amide bonds. The van der Waals surface area contributed by atoms with Gasteiger partial charge in [0.15, 0.2) is 0 Å². The molecule has 0 radical (unpaired) electrons. The quantitative estimate of drug-likeness (QED) is 0.654. The van der Waals surface area contributed by atoms with E-state index in [-0.39, 0.29) is 0 Å². The average Bonchev–Trinajstić information content (AvgIpc) is 2.67. The van der Waals surface area contributed by atoms with E-state index in [1.807, 2.05) is 24.3 Å². The van der Waals surface area contributed by atoms with Gasteiger partial charge in [0.1, 0.15) is 5.15 Å². The van der Waals surface area contributed by atoms with Crippen LogP contribution in [-0.4, -0.2) is 22.0 Å². The molecule has 0 saturated carbocycles. The van der Waals surface area contributed by atoms with E-state index < -0.39 is 6.03 Å². The third kappa shape index (κ3) is 3.17. The molecule has 20 heavy (non-hydrogen) atoms. The number of benzene rings is 1. The van der Waals surface area contributed by atoms with Crippen molar-refractivity contribution in [2.24, 2.45) is 10.8 Å². The highest BCUT2D eigenvalue weighted by molar-refractivity contribution is 9.10. The molecule has 1 aromatic heterocycles. The third-order valence-electron chi connectivity index (χ3n) is 2.49. The van der Waals surface area contributed by atoms with Crippen LogP contribution < -0.4 is 11.2 Å². The van der Waals surface area contributed by atoms with Gasteiger partial charge in [-0.3, -0.25) is 0 Å². The number of hydrazone groups is 1. The Bertz CT molecular complexity index is 665. The monoisotopic (exact) mass is 355 g/mol. The number of halogens is 2. The van der Waals surface area contributed by atoms with Crippen molar-refractivity contribution in [1.82, 2.24) is 15.2 Å². The maximum absolute atomic E-state index is 10.6. The number of carbonyl (C=O) groups is 1. The summed E-state index contributed by atoms with van der Waals surface area (Å²) in [6, 6.07) is 6.81. The predicted molar refractivity (Wildman–Crippen MR) is 81.3 cm³/mol. The van der Waals surface area contributed by atoms with Crippen LogP contribution in [0.4, 0.5) is 4.79 Å². The molecule has 0 aliphatic carbocycles. The molecule has 3 N–H and O–H groups in total. The van der Waals surface area contributed by atoms with Crippen molar-refractivity contribution in [3.05, 3.63) is 45.1 Å². The number of urea groups is 1. The third-order valence-corrected chi connectivity index (χ3v) is 3.38. The van der Waals surface area contributed by atoms with Crippen molar-refractivity contribution < 1.29 is 4.79 Å². The normalized spacial score (nSPS) is 10.9. The van der Waals surface area contributed by atoms with Gasteiger partial charge in [-0.15, -0.1) is 0 Å². The number of aryl methyl sites for hydroxylation is 1. The number of hydrogen-bond donors (Lipinski definition) is 2. The minimum Gasteiger partial charge on any atom is -0.350 e. The van der Waals surface area contributed by atoms with Crippen LogP contribution in [0.2, 0.25) is 5.15 Å². The maximum atomic E-state index is 10.6. The molecule has 0 aliphatic heterocycles. The van der Waals surface area contributed by atoms with Gasteiger partial charge in [0.25, 0.3) is 0 Å². The Balaban J connectivity index is 2.35. The molecule has 6 nitrogen and oxygen atoms in total. The van der Waals surface area contributed by atoms with Gasteiger partial charge in [0, 0.05) is 4.47 Å². The number of carbonyl (C=O) groups excluding carboxylic acids is 1. The zero-order chi connectivity index (χ0) is 14.7. The lowest BCUT2D eigenvalue weighted by molar-refractivity contribution is 0.249. The summed E-state index contributed by atoms with van der Waals surface area (Å²) in [7, 11) is 0. The summed E-state index contributed by atoms with van der Waals surface area (Å²) in [5, 5.41) is 8.43. The number of nitrogens with one attached hydrogen (secondary N) is 1. The van der Waals surface area contributed by atoms with Gasteiger partial charge in [-0.1, -0.05) is 27.5 Å². The topological polar surface area (TPSA) is 85.3 Å². The summed E-state index contributed by atoms with van der Waals surface area (Å²) in [5.41, 5.74) is 9.16. The molecule has 0 atom stereocenters. The van der Waals surface area contributed by atoms with Crippen molar-refractivity contribution >= 4 is 39.8 Å². The largest absolute Gasteiger partial charge is 0.350 e. The lowest BCUT2D eigenvalue weighted by atomic mass is 10.3. The van der Waals surface area contributed by atoms with E-state index in [1.54, 1.807) is 11.6 Å². The van der Waals surface area contributed by atoms with Crippen molar-refractivity contribution in [2.75, 3.05) is 0 Å². The lowest BCUT2D eigenvalue weighted by Gasteiger charge is -2.02. The molecule has 0 aliphatic rings. The molecular formula is C12H11BrClN5O. The Hall–Kier alpha value is -1.86. The fourth-order valence-corrected chi connectivity index (χ4v) is 2.16.